The molecule has 1 saturated heterocycles. The number of urea groups is 1. The quantitative estimate of drug-likeness (QED) is 0.805. The monoisotopic (exact) mass is 274 g/mol. The maximum Gasteiger partial charge on any atom is 0.317 e. The van der Waals surface area contributed by atoms with Crippen molar-refractivity contribution in [2.75, 3.05) is 25.1 Å². The average molecular weight is 274 g/mol. The minimum Gasteiger partial charge on any atom is -0.393 e. The lowest BCUT2D eigenvalue weighted by atomic mass is 9.92. The molecule has 0 aliphatic carbocycles. The summed E-state index contributed by atoms with van der Waals surface area (Å²) in [5, 5.41) is 12.6. The molecule has 1 rings (SSSR count). The van der Waals surface area contributed by atoms with E-state index in [0.717, 1.165) is 38.1 Å². The summed E-state index contributed by atoms with van der Waals surface area (Å²) in [5.74, 6) is 1.31. The number of nitrogens with one attached hydrogen (secondary N) is 1. The maximum absolute atomic E-state index is 12.1. The third kappa shape index (κ3) is 4.69. The van der Waals surface area contributed by atoms with E-state index in [-0.39, 0.29) is 18.2 Å². The molecule has 0 bridgehead atoms. The minimum absolute atomic E-state index is 0.0555. The number of hydrogen-bond donors (Lipinski definition) is 2. The third-order valence-electron chi connectivity index (χ3n) is 3.70. The number of carbonyl (C=O) groups is 1. The van der Waals surface area contributed by atoms with Crippen LogP contribution in [0, 0.1) is 5.92 Å². The predicted octanol–water partition coefficient (Wildman–Crippen LogP) is 1.93. The Morgan fingerprint density at radius 2 is 2.11 bits per heavy atom. The maximum atomic E-state index is 12.1. The smallest absolute Gasteiger partial charge is 0.317 e. The van der Waals surface area contributed by atoms with Crippen LogP contribution >= 0.6 is 11.8 Å². The number of piperidine rings is 1. The predicted molar refractivity (Wildman–Crippen MR) is 77.0 cm³/mol. The summed E-state index contributed by atoms with van der Waals surface area (Å²) in [4.78, 5) is 13.9. The molecular formula is C13H26N2O2S. The summed E-state index contributed by atoms with van der Waals surface area (Å²) in [6.45, 7) is 5.46. The van der Waals surface area contributed by atoms with Crippen molar-refractivity contribution in [1.82, 2.24) is 10.2 Å². The van der Waals surface area contributed by atoms with Crippen LogP contribution in [0.1, 0.15) is 33.1 Å². The van der Waals surface area contributed by atoms with Gasteiger partial charge < -0.3 is 15.3 Å². The second kappa shape index (κ2) is 7.89. The highest BCUT2D eigenvalue weighted by Gasteiger charge is 2.26. The normalized spacial score (nSPS) is 20.6. The summed E-state index contributed by atoms with van der Waals surface area (Å²) in [5.41, 5.74) is 0. The fourth-order valence-corrected chi connectivity index (χ4v) is 3.04. The Hall–Kier alpha value is -0.420. The van der Waals surface area contributed by atoms with Gasteiger partial charge in [-0.1, -0.05) is 6.92 Å². The first-order valence-electron chi connectivity index (χ1n) is 6.80. The fraction of sp³-hybridized carbons (Fsp3) is 0.923. The summed E-state index contributed by atoms with van der Waals surface area (Å²) in [6.07, 6.45) is 4.59. The third-order valence-corrected chi connectivity index (χ3v) is 4.43. The molecule has 2 unspecified atom stereocenters. The molecule has 0 spiro atoms. The molecule has 18 heavy (non-hydrogen) atoms. The Balaban J connectivity index is 2.35. The molecule has 1 fully saturated rings. The van der Waals surface area contributed by atoms with E-state index in [4.69, 9.17) is 0 Å². The number of aliphatic hydroxyl groups is 1. The van der Waals surface area contributed by atoms with Gasteiger partial charge in [-0.25, -0.2) is 4.79 Å². The zero-order chi connectivity index (χ0) is 13.5. The van der Waals surface area contributed by atoms with Crippen molar-refractivity contribution < 1.29 is 9.90 Å². The number of amides is 2. The lowest BCUT2D eigenvalue weighted by molar-refractivity contribution is 0.0794. The molecule has 1 aliphatic rings. The van der Waals surface area contributed by atoms with Gasteiger partial charge in [0.2, 0.25) is 0 Å². The van der Waals surface area contributed by atoms with Crippen LogP contribution in [0.5, 0.6) is 0 Å². The second-order valence-corrected chi connectivity index (χ2v) is 5.99. The molecule has 4 nitrogen and oxygen atoms in total. The van der Waals surface area contributed by atoms with E-state index in [1.54, 1.807) is 11.8 Å². The zero-order valence-corrected chi connectivity index (χ0v) is 12.5. The van der Waals surface area contributed by atoms with Crippen molar-refractivity contribution in [1.29, 1.82) is 0 Å². The van der Waals surface area contributed by atoms with Gasteiger partial charge in [0, 0.05) is 24.9 Å². The summed E-state index contributed by atoms with van der Waals surface area (Å²) < 4.78 is 0. The second-order valence-electron chi connectivity index (χ2n) is 5.08. The average Bonchev–Trinajstić information content (AvgIpc) is 2.38. The van der Waals surface area contributed by atoms with E-state index in [9.17, 15) is 9.90 Å². The highest BCUT2D eigenvalue weighted by Crippen LogP contribution is 2.20. The summed E-state index contributed by atoms with van der Waals surface area (Å²) in [7, 11) is 0. The number of thioether (sulfide) groups is 1. The Morgan fingerprint density at radius 1 is 1.50 bits per heavy atom. The Bertz CT molecular complexity index is 253. The summed E-state index contributed by atoms with van der Waals surface area (Å²) >= 11 is 1.76. The Labute approximate surface area is 115 Å². The van der Waals surface area contributed by atoms with Crippen LogP contribution in [0.4, 0.5) is 4.79 Å². The molecule has 5 heteroatoms. The number of carbonyl (C=O) groups excluding carboxylic acids is 1. The van der Waals surface area contributed by atoms with Crippen LogP contribution in [0.2, 0.25) is 0 Å². The Kier molecular flexibility index (Phi) is 6.86. The van der Waals surface area contributed by atoms with E-state index < -0.39 is 0 Å². The molecule has 2 N–H and O–H groups in total. The van der Waals surface area contributed by atoms with E-state index in [2.05, 4.69) is 18.5 Å². The molecule has 0 saturated carbocycles. The molecule has 0 aromatic rings. The first-order valence-corrected chi connectivity index (χ1v) is 8.20. The molecule has 2 amide bonds. The van der Waals surface area contributed by atoms with Crippen molar-refractivity contribution in [3.05, 3.63) is 0 Å². The van der Waals surface area contributed by atoms with E-state index in [0.29, 0.717) is 5.92 Å². The van der Waals surface area contributed by atoms with E-state index in [1.165, 1.54) is 0 Å². The van der Waals surface area contributed by atoms with Gasteiger partial charge in [-0.05, 0) is 38.4 Å². The number of likely N-dealkylation sites (tertiary alicyclic amines) is 1. The number of rotatable bonds is 5. The van der Waals surface area contributed by atoms with Gasteiger partial charge in [-0.2, -0.15) is 11.8 Å². The lowest BCUT2D eigenvalue weighted by Crippen LogP contribution is -2.49. The summed E-state index contributed by atoms with van der Waals surface area (Å²) in [6, 6.07) is 0.321. The first-order chi connectivity index (χ1) is 8.58. The van der Waals surface area contributed by atoms with Gasteiger partial charge in [0.25, 0.3) is 0 Å². The van der Waals surface area contributed by atoms with Crippen LogP contribution in [0.15, 0.2) is 0 Å². The van der Waals surface area contributed by atoms with E-state index in [1.807, 2.05) is 11.8 Å². The number of aliphatic hydroxyl groups excluding tert-OH is 1. The van der Waals surface area contributed by atoms with Gasteiger partial charge in [-0.15, -0.1) is 0 Å². The minimum atomic E-state index is -0.255. The molecular weight excluding hydrogens is 248 g/mol. The zero-order valence-electron chi connectivity index (χ0n) is 11.7. The molecule has 0 aromatic heterocycles. The van der Waals surface area contributed by atoms with Crippen LogP contribution in [0.3, 0.4) is 0 Å². The SMILES string of the molecule is CCC(CSC)NC(=O)N1CCC(C(C)O)CC1. The van der Waals surface area contributed by atoms with Crippen molar-refractivity contribution in [2.24, 2.45) is 5.92 Å². The van der Waals surface area contributed by atoms with Crippen molar-refractivity contribution in [2.45, 2.75) is 45.3 Å². The molecule has 0 aromatic carbocycles. The number of nitrogens with zero attached hydrogens (tertiary/aromatic N) is 1. The molecule has 1 aliphatic heterocycles. The highest BCUT2D eigenvalue weighted by molar-refractivity contribution is 7.98. The largest absolute Gasteiger partial charge is 0.393 e. The van der Waals surface area contributed by atoms with E-state index >= 15 is 0 Å². The highest BCUT2D eigenvalue weighted by atomic mass is 32.2. The van der Waals surface area contributed by atoms with Gasteiger partial charge in [-0.3, -0.25) is 0 Å². The van der Waals surface area contributed by atoms with Crippen LogP contribution in [-0.2, 0) is 0 Å². The fourth-order valence-electron chi connectivity index (χ4n) is 2.31. The van der Waals surface area contributed by atoms with Gasteiger partial charge in [0.15, 0.2) is 0 Å². The lowest BCUT2D eigenvalue weighted by Gasteiger charge is -2.34. The number of hydrogen-bond acceptors (Lipinski definition) is 3. The molecule has 106 valence electrons. The van der Waals surface area contributed by atoms with Crippen molar-refractivity contribution in [3.8, 4) is 0 Å². The van der Waals surface area contributed by atoms with Crippen LogP contribution in [0.25, 0.3) is 0 Å². The van der Waals surface area contributed by atoms with Gasteiger partial charge in [0.05, 0.1) is 6.10 Å². The molecule has 1 heterocycles. The molecule has 2 atom stereocenters. The molecule has 0 radical (unpaired) electrons. The van der Waals surface area contributed by atoms with Gasteiger partial charge >= 0.3 is 6.03 Å². The first kappa shape index (κ1) is 15.6. The van der Waals surface area contributed by atoms with Crippen molar-refractivity contribution >= 4 is 17.8 Å². The van der Waals surface area contributed by atoms with Crippen LogP contribution < -0.4 is 5.32 Å². The Morgan fingerprint density at radius 3 is 2.56 bits per heavy atom. The van der Waals surface area contributed by atoms with Crippen LogP contribution in [-0.4, -0.2) is 53.3 Å². The van der Waals surface area contributed by atoms with Crippen molar-refractivity contribution in [3.63, 3.8) is 0 Å². The standard InChI is InChI=1S/C13H26N2O2S/c1-4-12(9-18-3)14-13(17)15-7-5-11(6-8-15)10(2)16/h10-12,16H,4-9H2,1-3H3,(H,14,17). The topological polar surface area (TPSA) is 52.6 Å². The van der Waals surface area contributed by atoms with Gasteiger partial charge in [0.1, 0.15) is 0 Å².